The van der Waals surface area contributed by atoms with E-state index in [9.17, 15) is 0 Å². The molecule has 0 saturated heterocycles. The molecule has 206 valence electrons. The topological polar surface area (TPSA) is 66.4 Å². The fraction of sp³-hybridized carbons (Fsp3) is 0.100. The first kappa shape index (κ1) is 31.1. The Morgan fingerprint density at radius 3 is 0.950 bits per heavy atom. The average molecular weight is 761 g/mol. The molecule has 0 aliphatic carbocycles. The van der Waals surface area contributed by atoms with Gasteiger partial charge in [-0.2, -0.15) is 0 Å². The summed E-state index contributed by atoms with van der Waals surface area (Å²) in [5.41, 5.74) is 2.49. The molecule has 0 aliphatic rings. The van der Waals surface area contributed by atoms with E-state index in [1.165, 1.54) is 0 Å². The SMILES string of the molecule is COc1ccc2cccc([S-])c2n1.COc1ccc2cccc([S-])c2n1.COc1ccc2cccc([S-])c2n1.[Os]. The maximum Gasteiger partial charge on any atom is 0.213 e. The summed E-state index contributed by atoms with van der Waals surface area (Å²) < 4.78 is 15.1. The first-order valence-corrected chi connectivity index (χ1v) is 13.0. The van der Waals surface area contributed by atoms with Crippen molar-refractivity contribution < 1.29 is 34.0 Å². The second-order valence-corrected chi connectivity index (χ2v) is 9.36. The van der Waals surface area contributed by atoms with Gasteiger partial charge in [-0.15, -0.1) is 14.7 Å². The summed E-state index contributed by atoms with van der Waals surface area (Å²) >= 11 is 15.4. The van der Waals surface area contributed by atoms with Gasteiger partial charge in [0.2, 0.25) is 17.6 Å². The van der Waals surface area contributed by atoms with E-state index in [1.54, 1.807) is 21.3 Å². The minimum Gasteiger partial charge on any atom is -0.778 e. The van der Waals surface area contributed by atoms with Gasteiger partial charge in [0.15, 0.2) is 0 Å². The third-order valence-electron chi connectivity index (χ3n) is 5.60. The molecule has 0 atom stereocenters. The summed E-state index contributed by atoms with van der Waals surface area (Å²) in [5.74, 6) is 1.81. The van der Waals surface area contributed by atoms with Crippen molar-refractivity contribution in [1.82, 2.24) is 15.0 Å². The van der Waals surface area contributed by atoms with E-state index in [1.807, 2.05) is 91.0 Å². The second-order valence-electron chi connectivity index (χ2n) is 8.04. The van der Waals surface area contributed by atoms with E-state index in [-0.39, 0.29) is 19.8 Å². The molecule has 3 aromatic carbocycles. The van der Waals surface area contributed by atoms with Gasteiger partial charge in [0, 0.05) is 38.0 Å². The number of benzene rings is 3. The fourth-order valence-corrected chi connectivity index (χ4v) is 4.37. The van der Waals surface area contributed by atoms with E-state index in [0.29, 0.717) is 17.6 Å². The van der Waals surface area contributed by atoms with Gasteiger partial charge in [0.25, 0.3) is 0 Å². The zero-order valence-corrected chi connectivity index (χ0v) is 26.8. The van der Waals surface area contributed by atoms with Crippen molar-refractivity contribution in [2.24, 2.45) is 0 Å². The van der Waals surface area contributed by atoms with Crippen LogP contribution >= 0.6 is 0 Å². The molecular formula is C30H24N3O3OsS3-3. The number of ether oxygens (including phenoxy) is 3. The Hall–Kier alpha value is -3.41. The van der Waals surface area contributed by atoms with Crippen molar-refractivity contribution in [1.29, 1.82) is 0 Å². The molecule has 0 bridgehead atoms. The van der Waals surface area contributed by atoms with Crippen molar-refractivity contribution in [3.63, 3.8) is 0 Å². The number of fused-ring (bicyclic) bond motifs is 3. The molecule has 0 fully saturated rings. The largest absolute Gasteiger partial charge is 0.778 e. The van der Waals surface area contributed by atoms with Crippen LogP contribution in [0.15, 0.2) is 106 Å². The molecule has 0 amide bonds. The van der Waals surface area contributed by atoms with E-state index in [4.69, 9.17) is 52.1 Å². The summed E-state index contributed by atoms with van der Waals surface area (Å²) in [6.45, 7) is 0. The molecule has 6 rings (SSSR count). The van der Waals surface area contributed by atoms with Gasteiger partial charge in [-0.3, -0.25) is 0 Å². The Bertz CT molecular complexity index is 1540. The number of para-hydroxylation sites is 3. The summed E-state index contributed by atoms with van der Waals surface area (Å²) in [6.07, 6.45) is 0. The first-order valence-electron chi connectivity index (χ1n) is 11.8. The maximum atomic E-state index is 5.14. The quantitative estimate of drug-likeness (QED) is 0.190. The molecule has 6 aromatic rings. The summed E-state index contributed by atoms with van der Waals surface area (Å²) in [5, 5.41) is 3.15. The smallest absolute Gasteiger partial charge is 0.213 e. The molecule has 0 spiro atoms. The van der Waals surface area contributed by atoms with Crippen LogP contribution in [0.2, 0.25) is 0 Å². The van der Waals surface area contributed by atoms with Crippen molar-refractivity contribution in [3.05, 3.63) is 91.0 Å². The summed E-state index contributed by atoms with van der Waals surface area (Å²) in [6, 6.07) is 28.7. The van der Waals surface area contributed by atoms with Crippen molar-refractivity contribution >= 4 is 70.6 Å². The molecule has 6 nitrogen and oxygen atoms in total. The Morgan fingerprint density at radius 1 is 0.425 bits per heavy atom. The van der Waals surface area contributed by atoms with Crippen LogP contribution in [0.3, 0.4) is 0 Å². The number of methoxy groups -OCH3 is 3. The van der Waals surface area contributed by atoms with Crippen molar-refractivity contribution in [2.75, 3.05) is 21.3 Å². The van der Waals surface area contributed by atoms with Gasteiger partial charge in [-0.05, 0) is 34.4 Å². The predicted octanol–water partition coefficient (Wildman–Crippen LogP) is 6.45. The van der Waals surface area contributed by atoms with Crippen LogP contribution in [0.1, 0.15) is 0 Å². The van der Waals surface area contributed by atoms with Gasteiger partial charge in [0.05, 0.1) is 37.9 Å². The normalized spacial score (nSPS) is 9.97. The molecule has 10 heteroatoms. The van der Waals surface area contributed by atoms with Gasteiger partial charge in [0.1, 0.15) is 0 Å². The number of hydrogen-bond acceptors (Lipinski definition) is 9. The molecule has 0 radical (unpaired) electrons. The van der Waals surface area contributed by atoms with Crippen LogP contribution in [-0.4, -0.2) is 36.3 Å². The number of pyridine rings is 3. The third kappa shape index (κ3) is 7.61. The fourth-order valence-electron chi connectivity index (χ4n) is 3.65. The monoisotopic (exact) mass is 762 g/mol. The number of rotatable bonds is 3. The van der Waals surface area contributed by atoms with Crippen LogP contribution in [0.4, 0.5) is 0 Å². The van der Waals surface area contributed by atoms with Crippen molar-refractivity contribution in [2.45, 2.75) is 14.7 Å². The number of nitrogens with zero attached hydrogens (tertiary/aromatic N) is 3. The van der Waals surface area contributed by atoms with Gasteiger partial charge < -0.3 is 52.1 Å². The molecule has 3 heterocycles. The van der Waals surface area contributed by atoms with Crippen molar-refractivity contribution in [3.8, 4) is 17.6 Å². The Kier molecular flexibility index (Phi) is 11.5. The van der Waals surface area contributed by atoms with Crippen LogP contribution in [-0.2, 0) is 57.7 Å². The van der Waals surface area contributed by atoms with E-state index >= 15 is 0 Å². The standard InChI is InChI=1S/3C10H9NOS.Os/c3*1-12-9-6-5-7-3-2-4-8(13)10(7)11-9;/h3*2-6,13H,1H3;/p-3. The summed E-state index contributed by atoms with van der Waals surface area (Å²) in [7, 11) is 4.79. The molecule has 0 saturated carbocycles. The van der Waals surface area contributed by atoms with Crippen LogP contribution in [0.5, 0.6) is 17.6 Å². The predicted molar refractivity (Wildman–Crippen MR) is 162 cm³/mol. The van der Waals surface area contributed by atoms with Gasteiger partial charge >= 0.3 is 0 Å². The second kappa shape index (κ2) is 14.8. The van der Waals surface area contributed by atoms with Crippen LogP contribution < -0.4 is 14.2 Å². The van der Waals surface area contributed by atoms with Crippen LogP contribution in [0, 0.1) is 0 Å². The maximum absolute atomic E-state index is 5.14. The molecule has 0 aliphatic heterocycles. The average Bonchev–Trinajstić information content (AvgIpc) is 2.98. The Morgan fingerprint density at radius 2 is 0.700 bits per heavy atom. The van der Waals surface area contributed by atoms with Gasteiger partial charge in [-0.25, -0.2) is 15.0 Å². The Balaban J connectivity index is 0.000000163. The van der Waals surface area contributed by atoms with E-state index < -0.39 is 0 Å². The van der Waals surface area contributed by atoms with E-state index in [0.717, 1.165) is 47.4 Å². The minimum atomic E-state index is 0. The zero-order valence-electron chi connectivity index (χ0n) is 21.8. The molecule has 3 aromatic heterocycles. The third-order valence-corrected chi connectivity index (χ3v) is 6.59. The van der Waals surface area contributed by atoms with E-state index in [2.05, 4.69) is 15.0 Å². The summed E-state index contributed by atoms with van der Waals surface area (Å²) in [4.78, 5) is 15.1. The molecule has 0 unspecified atom stereocenters. The van der Waals surface area contributed by atoms with Crippen LogP contribution in [0.25, 0.3) is 32.7 Å². The first-order chi connectivity index (χ1) is 18.9. The minimum absolute atomic E-state index is 0. The molecule has 40 heavy (non-hydrogen) atoms. The molecule has 0 N–H and O–H groups in total. The zero-order chi connectivity index (χ0) is 27.8. The number of hydrogen-bond donors (Lipinski definition) is 0. The van der Waals surface area contributed by atoms with Gasteiger partial charge in [-0.1, -0.05) is 54.6 Å². The Labute approximate surface area is 262 Å². The molecular weight excluding hydrogens is 737 g/mol. The number of aromatic nitrogens is 3.